The zero-order chi connectivity index (χ0) is 25.8. The zero-order valence-electron chi connectivity index (χ0n) is 19.4. The van der Waals surface area contributed by atoms with Gasteiger partial charge >= 0.3 is 0 Å². The van der Waals surface area contributed by atoms with Crippen molar-refractivity contribution in [2.24, 2.45) is 0 Å². The van der Waals surface area contributed by atoms with Gasteiger partial charge in [0.15, 0.2) is 0 Å². The van der Waals surface area contributed by atoms with Crippen LogP contribution >= 0.6 is 11.6 Å². The van der Waals surface area contributed by atoms with E-state index in [9.17, 15) is 13.2 Å². The first-order valence-corrected chi connectivity index (χ1v) is 13.2. The summed E-state index contributed by atoms with van der Waals surface area (Å²) in [6.45, 7) is 0. The number of benzene rings is 5. The lowest BCUT2D eigenvalue weighted by atomic mass is 10.1. The molecule has 6 nitrogen and oxygen atoms in total. The highest BCUT2D eigenvalue weighted by Gasteiger charge is 2.20. The second-order valence-corrected chi connectivity index (χ2v) is 10.3. The van der Waals surface area contributed by atoms with Crippen LogP contribution in [0.3, 0.4) is 0 Å². The average molecular weight is 529 g/mol. The molecule has 1 amide bonds. The number of rotatable bonds is 7. The molecule has 0 radical (unpaired) electrons. The number of para-hydroxylation sites is 1. The molecule has 0 unspecified atom stereocenters. The Hall–Kier alpha value is -4.33. The van der Waals surface area contributed by atoms with Crippen molar-refractivity contribution in [3.05, 3.63) is 126 Å². The van der Waals surface area contributed by atoms with Crippen LogP contribution < -0.4 is 14.8 Å². The van der Waals surface area contributed by atoms with Gasteiger partial charge in [0.25, 0.3) is 15.9 Å². The van der Waals surface area contributed by atoms with Gasteiger partial charge in [-0.05, 0) is 65.4 Å². The maximum absolute atomic E-state index is 13.2. The van der Waals surface area contributed by atoms with Gasteiger partial charge in [-0.1, -0.05) is 66.2 Å². The Morgan fingerprint density at radius 1 is 0.703 bits per heavy atom. The molecule has 37 heavy (non-hydrogen) atoms. The molecule has 0 aliphatic rings. The Bertz CT molecular complexity index is 1710. The Morgan fingerprint density at radius 3 is 2.24 bits per heavy atom. The molecule has 0 atom stereocenters. The number of sulfonamides is 1. The first-order chi connectivity index (χ1) is 17.9. The van der Waals surface area contributed by atoms with Gasteiger partial charge in [-0.3, -0.25) is 9.52 Å². The molecular weight excluding hydrogens is 508 g/mol. The molecule has 8 heteroatoms. The lowest BCUT2D eigenvalue weighted by molar-refractivity contribution is 0.102. The predicted molar refractivity (Wildman–Crippen MR) is 147 cm³/mol. The standard InChI is InChI=1S/C29H21ClN2O4S/c30-22-14-16-28(32-37(34,35)26-15-13-20-7-4-5-8-21(20)17-26)27(18-22)29(33)31-23-9-6-12-25(19-23)36-24-10-2-1-3-11-24/h1-19,32H,(H,31,33). The predicted octanol–water partition coefficient (Wildman–Crippen LogP) is 7.34. The van der Waals surface area contributed by atoms with Gasteiger partial charge in [-0.2, -0.15) is 0 Å². The quantitative estimate of drug-likeness (QED) is 0.231. The number of halogens is 1. The summed E-state index contributed by atoms with van der Waals surface area (Å²) in [4.78, 5) is 13.3. The summed E-state index contributed by atoms with van der Waals surface area (Å²) < 4.78 is 34.7. The average Bonchev–Trinajstić information content (AvgIpc) is 2.90. The smallest absolute Gasteiger partial charge is 0.261 e. The first kappa shape index (κ1) is 24.4. The van der Waals surface area contributed by atoms with Crippen LogP contribution in [0.15, 0.2) is 120 Å². The fraction of sp³-hybridized carbons (Fsp3) is 0. The Kier molecular flexibility index (Phi) is 6.81. The SMILES string of the molecule is O=C(Nc1cccc(Oc2ccccc2)c1)c1cc(Cl)ccc1NS(=O)(=O)c1ccc2ccccc2c1. The summed E-state index contributed by atoms with van der Waals surface area (Å²) in [5.41, 5.74) is 0.653. The Labute approximate surface area is 219 Å². The van der Waals surface area contributed by atoms with Crippen LogP contribution in [0.1, 0.15) is 10.4 Å². The molecule has 5 rings (SSSR count). The van der Waals surface area contributed by atoms with Crippen LogP contribution in [0.5, 0.6) is 11.5 Å². The monoisotopic (exact) mass is 528 g/mol. The van der Waals surface area contributed by atoms with Gasteiger partial charge in [0, 0.05) is 16.8 Å². The molecule has 0 spiro atoms. The van der Waals surface area contributed by atoms with Crippen LogP contribution in [0, 0.1) is 0 Å². The number of carbonyl (C=O) groups is 1. The van der Waals surface area contributed by atoms with Crippen molar-refractivity contribution in [3.8, 4) is 11.5 Å². The summed E-state index contributed by atoms with van der Waals surface area (Å²) in [7, 11) is -3.98. The molecule has 0 saturated carbocycles. The highest BCUT2D eigenvalue weighted by Crippen LogP contribution is 2.28. The molecule has 0 aromatic heterocycles. The molecule has 184 valence electrons. The van der Waals surface area contributed by atoms with Crippen molar-refractivity contribution < 1.29 is 17.9 Å². The summed E-state index contributed by atoms with van der Waals surface area (Å²) in [6, 6.07) is 32.9. The van der Waals surface area contributed by atoms with E-state index >= 15 is 0 Å². The second-order valence-electron chi connectivity index (χ2n) is 8.20. The zero-order valence-corrected chi connectivity index (χ0v) is 21.0. The number of hydrogen-bond acceptors (Lipinski definition) is 4. The molecule has 2 N–H and O–H groups in total. The van der Waals surface area contributed by atoms with Crippen molar-refractivity contribution in [2.75, 3.05) is 10.0 Å². The lowest BCUT2D eigenvalue weighted by Crippen LogP contribution is -2.18. The number of carbonyl (C=O) groups excluding carboxylic acids is 1. The van der Waals surface area contributed by atoms with Crippen LogP contribution in [-0.2, 0) is 10.0 Å². The highest BCUT2D eigenvalue weighted by molar-refractivity contribution is 7.92. The van der Waals surface area contributed by atoms with Crippen molar-refractivity contribution >= 4 is 49.7 Å². The van der Waals surface area contributed by atoms with E-state index in [1.807, 2.05) is 54.6 Å². The molecule has 0 heterocycles. The molecule has 0 fully saturated rings. The molecule has 0 bridgehead atoms. The largest absolute Gasteiger partial charge is 0.457 e. The molecule has 5 aromatic rings. The molecule has 5 aromatic carbocycles. The summed E-state index contributed by atoms with van der Waals surface area (Å²) in [6.07, 6.45) is 0. The molecule has 0 aliphatic carbocycles. The Balaban J connectivity index is 1.39. The molecule has 0 aliphatic heterocycles. The number of hydrogen-bond donors (Lipinski definition) is 2. The third-order valence-electron chi connectivity index (χ3n) is 5.57. The van der Waals surface area contributed by atoms with Gasteiger partial charge < -0.3 is 10.1 Å². The minimum atomic E-state index is -3.98. The van der Waals surface area contributed by atoms with Gasteiger partial charge in [-0.15, -0.1) is 0 Å². The van der Waals surface area contributed by atoms with E-state index in [1.165, 1.54) is 24.3 Å². The van der Waals surface area contributed by atoms with E-state index in [1.54, 1.807) is 36.4 Å². The topological polar surface area (TPSA) is 84.5 Å². The van der Waals surface area contributed by atoms with Crippen LogP contribution in [0.2, 0.25) is 5.02 Å². The van der Waals surface area contributed by atoms with E-state index in [0.29, 0.717) is 22.2 Å². The highest BCUT2D eigenvalue weighted by atomic mass is 35.5. The van der Waals surface area contributed by atoms with E-state index in [2.05, 4.69) is 10.0 Å². The minimum Gasteiger partial charge on any atom is -0.457 e. The fourth-order valence-corrected chi connectivity index (χ4v) is 5.08. The molecular formula is C29H21ClN2O4S. The number of fused-ring (bicyclic) bond motifs is 1. The third-order valence-corrected chi connectivity index (χ3v) is 7.17. The third kappa shape index (κ3) is 5.74. The van der Waals surface area contributed by atoms with Crippen molar-refractivity contribution in [1.82, 2.24) is 0 Å². The number of anilines is 2. The van der Waals surface area contributed by atoms with Crippen LogP contribution in [0.4, 0.5) is 11.4 Å². The number of nitrogens with one attached hydrogen (secondary N) is 2. The molecule has 0 saturated heterocycles. The van der Waals surface area contributed by atoms with E-state index in [0.717, 1.165) is 10.8 Å². The van der Waals surface area contributed by atoms with Crippen molar-refractivity contribution in [3.63, 3.8) is 0 Å². The first-order valence-electron chi connectivity index (χ1n) is 11.3. The summed E-state index contributed by atoms with van der Waals surface area (Å²) in [5.74, 6) is 0.661. The van der Waals surface area contributed by atoms with Gasteiger partial charge in [0.05, 0.1) is 16.1 Å². The maximum Gasteiger partial charge on any atom is 0.261 e. The second kappa shape index (κ2) is 10.3. The normalized spacial score (nSPS) is 11.2. The number of amides is 1. The van der Waals surface area contributed by atoms with Gasteiger partial charge in [-0.25, -0.2) is 8.42 Å². The minimum absolute atomic E-state index is 0.0752. The summed E-state index contributed by atoms with van der Waals surface area (Å²) >= 11 is 6.16. The maximum atomic E-state index is 13.2. The van der Waals surface area contributed by atoms with Gasteiger partial charge in [0.2, 0.25) is 0 Å². The van der Waals surface area contributed by atoms with E-state index in [-0.39, 0.29) is 16.1 Å². The van der Waals surface area contributed by atoms with E-state index < -0.39 is 15.9 Å². The van der Waals surface area contributed by atoms with Crippen molar-refractivity contribution in [1.29, 1.82) is 0 Å². The van der Waals surface area contributed by atoms with Crippen LogP contribution in [-0.4, -0.2) is 14.3 Å². The number of ether oxygens (including phenoxy) is 1. The Morgan fingerprint density at radius 2 is 1.43 bits per heavy atom. The fourth-order valence-electron chi connectivity index (χ4n) is 3.79. The van der Waals surface area contributed by atoms with Gasteiger partial charge in [0.1, 0.15) is 11.5 Å². The van der Waals surface area contributed by atoms with E-state index in [4.69, 9.17) is 16.3 Å². The van der Waals surface area contributed by atoms with Crippen LogP contribution in [0.25, 0.3) is 10.8 Å². The summed E-state index contributed by atoms with van der Waals surface area (Å²) in [5, 5.41) is 4.79. The van der Waals surface area contributed by atoms with Crippen molar-refractivity contribution in [2.45, 2.75) is 4.90 Å². The lowest BCUT2D eigenvalue weighted by Gasteiger charge is -2.14.